The zero-order valence-electron chi connectivity index (χ0n) is 16.4. The molecule has 0 aromatic rings. The molecule has 0 aromatic heterocycles. The second kappa shape index (κ2) is 8.49. The summed E-state index contributed by atoms with van der Waals surface area (Å²) in [5.41, 5.74) is -1.97. The average Bonchev–Trinajstić information content (AvgIpc) is 2.38. The van der Waals surface area contributed by atoms with Gasteiger partial charge in [-0.1, -0.05) is 0 Å². The van der Waals surface area contributed by atoms with E-state index in [0.29, 0.717) is 12.8 Å². The minimum atomic E-state index is -0.859. The second-order valence-electron chi connectivity index (χ2n) is 8.25. The zero-order chi connectivity index (χ0) is 19.2. The predicted octanol–water partition coefficient (Wildman–Crippen LogP) is 3.59. The summed E-state index contributed by atoms with van der Waals surface area (Å²) in [5, 5.41) is 12.2. The largest absolute Gasteiger partial charge is 0.624 e. The molecule has 0 fully saturated rings. The van der Waals surface area contributed by atoms with Crippen molar-refractivity contribution in [3.8, 4) is 0 Å². The van der Waals surface area contributed by atoms with Crippen molar-refractivity contribution in [3.63, 3.8) is 0 Å². The predicted molar refractivity (Wildman–Crippen MR) is 93.9 cm³/mol. The van der Waals surface area contributed by atoms with Crippen LogP contribution >= 0.6 is 0 Å². The maximum atomic E-state index is 12.2. The van der Waals surface area contributed by atoms with Crippen LogP contribution in [0.2, 0.25) is 0 Å². The molecule has 0 spiro atoms. The average molecular weight is 343 g/mol. The van der Waals surface area contributed by atoms with E-state index in [9.17, 15) is 14.8 Å². The van der Waals surface area contributed by atoms with E-state index in [4.69, 9.17) is 9.47 Å². The lowest BCUT2D eigenvalue weighted by Gasteiger charge is -2.29. The molecule has 6 heteroatoms. The van der Waals surface area contributed by atoms with Gasteiger partial charge < -0.3 is 14.7 Å². The van der Waals surface area contributed by atoms with E-state index in [1.54, 1.807) is 55.4 Å². The van der Waals surface area contributed by atoms with Gasteiger partial charge in [0.15, 0.2) is 5.54 Å². The van der Waals surface area contributed by atoms with E-state index in [0.717, 1.165) is 4.74 Å². The van der Waals surface area contributed by atoms with E-state index in [-0.39, 0.29) is 24.8 Å². The van der Waals surface area contributed by atoms with Crippen LogP contribution in [-0.2, 0) is 19.1 Å². The molecule has 0 aliphatic carbocycles. The van der Waals surface area contributed by atoms with Crippen molar-refractivity contribution in [2.75, 3.05) is 0 Å². The molecule has 0 N–H and O–H groups in total. The van der Waals surface area contributed by atoms with Gasteiger partial charge in [0.25, 0.3) is 0 Å². The van der Waals surface area contributed by atoms with Gasteiger partial charge in [0.05, 0.1) is 12.8 Å². The minimum Gasteiger partial charge on any atom is -0.624 e. The second-order valence-corrected chi connectivity index (χ2v) is 8.25. The highest BCUT2D eigenvalue weighted by molar-refractivity contribution is 5.70. The fourth-order valence-corrected chi connectivity index (χ4v) is 2.18. The van der Waals surface area contributed by atoms with Crippen molar-refractivity contribution in [3.05, 3.63) is 5.21 Å². The van der Waals surface area contributed by atoms with Gasteiger partial charge >= 0.3 is 11.9 Å². The maximum absolute atomic E-state index is 12.2. The Bertz CT molecular complexity index is 437. The molecule has 0 saturated heterocycles. The van der Waals surface area contributed by atoms with E-state index in [1.807, 2.05) is 0 Å². The molecule has 6 nitrogen and oxygen atoms in total. The summed E-state index contributed by atoms with van der Waals surface area (Å²) < 4.78 is 11.4. The summed E-state index contributed by atoms with van der Waals surface area (Å²) in [6.07, 6.45) is 2.25. The van der Waals surface area contributed by atoms with Crippen LogP contribution in [0.5, 0.6) is 0 Å². The molecule has 0 aliphatic rings. The van der Waals surface area contributed by atoms with Gasteiger partial charge in [0.2, 0.25) is 0 Å². The monoisotopic (exact) mass is 343 g/mol. The lowest BCUT2D eigenvalue weighted by molar-refractivity contribution is -0.544. The third-order valence-electron chi connectivity index (χ3n) is 3.34. The molecular weight excluding hydrogens is 310 g/mol. The van der Waals surface area contributed by atoms with Crippen LogP contribution in [0.3, 0.4) is 0 Å². The normalized spacial score (nSPS) is 13.6. The smallest absolute Gasteiger partial charge is 0.306 e. The first-order valence-electron chi connectivity index (χ1n) is 8.38. The van der Waals surface area contributed by atoms with Crippen LogP contribution in [0.1, 0.15) is 81.1 Å². The fourth-order valence-electron chi connectivity index (χ4n) is 2.18. The molecule has 0 bridgehead atoms. The van der Waals surface area contributed by atoms with Crippen LogP contribution in [0.15, 0.2) is 0 Å². The summed E-state index contributed by atoms with van der Waals surface area (Å²) in [6.45, 7) is 14.2. The van der Waals surface area contributed by atoms with Gasteiger partial charge in [-0.25, -0.2) is 4.74 Å². The minimum absolute atomic E-state index is 0.120. The number of ether oxygens (including phenoxy) is 2. The van der Waals surface area contributed by atoms with Crippen LogP contribution in [0.4, 0.5) is 0 Å². The van der Waals surface area contributed by atoms with Gasteiger partial charge in [-0.15, -0.1) is 0 Å². The number of carbonyl (C=O) groups is 2. The molecule has 140 valence electrons. The highest BCUT2D eigenvalue weighted by Crippen LogP contribution is 2.25. The third kappa shape index (κ3) is 9.53. The van der Waals surface area contributed by atoms with E-state index in [1.165, 1.54) is 6.21 Å². The number of hydrogen-bond acceptors (Lipinski definition) is 5. The summed E-state index contributed by atoms with van der Waals surface area (Å²) in [4.78, 5) is 23.8. The molecule has 0 saturated carbocycles. The van der Waals surface area contributed by atoms with Crippen LogP contribution in [0, 0.1) is 5.21 Å². The van der Waals surface area contributed by atoms with Crippen molar-refractivity contribution < 1.29 is 23.8 Å². The van der Waals surface area contributed by atoms with Crippen LogP contribution in [-0.4, -0.2) is 39.6 Å². The maximum Gasteiger partial charge on any atom is 0.306 e. The van der Waals surface area contributed by atoms with Crippen molar-refractivity contribution in [2.24, 2.45) is 0 Å². The molecule has 0 aliphatic heterocycles. The van der Waals surface area contributed by atoms with Crippen LogP contribution < -0.4 is 0 Å². The van der Waals surface area contributed by atoms with Gasteiger partial charge in [0, 0.05) is 26.7 Å². The van der Waals surface area contributed by atoms with Crippen LogP contribution in [0.25, 0.3) is 0 Å². The Labute approximate surface area is 145 Å². The highest BCUT2D eigenvalue weighted by atomic mass is 16.6. The summed E-state index contributed by atoms with van der Waals surface area (Å²) >= 11 is 0. The summed E-state index contributed by atoms with van der Waals surface area (Å²) in [5.74, 6) is -0.703. The number of hydrogen-bond donors (Lipinski definition) is 0. The summed E-state index contributed by atoms with van der Waals surface area (Å²) in [7, 11) is 0. The number of nitrogens with zero attached hydrogens (tertiary/aromatic N) is 1. The molecule has 0 aromatic carbocycles. The molecule has 0 atom stereocenters. The quantitative estimate of drug-likeness (QED) is 0.232. The lowest BCUT2D eigenvalue weighted by Crippen LogP contribution is -2.39. The number of esters is 2. The Morgan fingerprint density at radius 2 is 1.21 bits per heavy atom. The van der Waals surface area contributed by atoms with Gasteiger partial charge in [-0.2, -0.15) is 0 Å². The molecule has 24 heavy (non-hydrogen) atoms. The molecular formula is C18H33NO5. The summed E-state index contributed by atoms with van der Waals surface area (Å²) in [6, 6.07) is 0. The fraction of sp³-hybridized carbons (Fsp3) is 0.833. The molecule has 0 rings (SSSR count). The lowest BCUT2D eigenvalue weighted by atomic mass is 9.90. The number of carbonyl (C=O) groups excluding carboxylic acids is 2. The highest BCUT2D eigenvalue weighted by Gasteiger charge is 2.35. The van der Waals surface area contributed by atoms with E-state index >= 15 is 0 Å². The molecule has 0 unspecified atom stereocenters. The number of rotatable bonds is 7. The van der Waals surface area contributed by atoms with E-state index in [2.05, 4.69) is 0 Å². The standard InChI is InChI=1S/C18H33NO5/c1-9-19(22)18(8,12-10-14(20)23-16(2,3)4)13-11-15(21)24-17(5,6)7/h9H,10-13H2,1-8H3/b19-9-. The first kappa shape index (κ1) is 22.4. The molecule has 0 heterocycles. The Morgan fingerprint density at radius 1 is 0.875 bits per heavy atom. The number of hydroxylamine groups is 1. The Hall–Kier alpha value is -1.59. The van der Waals surface area contributed by atoms with Gasteiger partial charge in [0.1, 0.15) is 17.4 Å². The van der Waals surface area contributed by atoms with E-state index < -0.39 is 16.7 Å². The Morgan fingerprint density at radius 3 is 1.46 bits per heavy atom. The Kier molecular flexibility index (Phi) is 7.93. The van der Waals surface area contributed by atoms with Crippen molar-refractivity contribution in [1.82, 2.24) is 0 Å². The van der Waals surface area contributed by atoms with Crippen molar-refractivity contribution in [2.45, 2.75) is 97.8 Å². The van der Waals surface area contributed by atoms with Crippen molar-refractivity contribution in [1.29, 1.82) is 0 Å². The Balaban J connectivity index is 4.80. The molecule has 0 radical (unpaired) electrons. The zero-order valence-corrected chi connectivity index (χ0v) is 16.4. The first-order valence-corrected chi connectivity index (χ1v) is 8.38. The third-order valence-corrected chi connectivity index (χ3v) is 3.34. The first-order chi connectivity index (χ1) is 10.7. The SMILES string of the molecule is C/C=[N+](\[O-])C(C)(CCC(=O)OC(C)(C)C)CCC(=O)OC(C)(C)C. The molecule has 0 amide bonds. The van der Waals surface area contributed by atoms with Gasteiger partial charge in [-0.05, 0) is 41.5 Å². The van der Waals surface area contributed by atoms with Gasteiger partial charge in [-0.3, -0.25) is 9.59 Å². The van der Waals surface area contributed by atoms with Crippen molar-refractivity contribution >= 4 is 18.2 Å². The topological polar surface area (TPSA) is 78.7 Å².